The maximum absolute atomic E-state index is 12.0. The summed E-state index contributed by atoms with van der Waals surface area (Å²) >= 11 is 0. The molecule has 0 aliphatic rings. The maximum Gasteiger partial charge on any atom is 0.308 e. The molecule has 0 unspecified atom stereocenters. The number of unbranched alkanes of at least 4 members (excludes halogenated alkanes) is 1. The molecule has 2 N–H and O–H groups in total. The number of rotatable bonds is 9. The zero-order valence-electron chi connectivity index (χ0n) is 13.7. The van der Waals surface area contributed by atoms with Crippen LogP contribution >= 0.6 is 0 Å². The van der Waals surface area contributed by atoms with Crippen molar-refractivity contribution in [1.82, 2.24) is 10.6 Å². The van der Waals surface area contributed by atoms with Crippen LogP contribution < -0.4 is 15.4 Å². The molecule has 0 aliphatic carbocycles. The van der Waals surface area contributed by atoms with E-state index in [9.17, 15) is 14.4 Å². The monoisotopic (exact) mass is 320 g/mol. The molecular formula is C17H24N2O4. The molecular weight excluding hydrogens is 296 g/mol. The first-order chi connectivity index (χ1) is 11.0. The lowest BCUT2D eigenvalue weighted by Crippen LogP contribution is -2.29. The van der Waals surface area contributed by atoms with Gasteiger partial charge >= 0.3 is 5.97 Å². The van der Waals surface area contributed by atoms with Gasteiger partial charge in [-0.25, -0.2) is 0 Å². The lowest BCUT2D eigenvalue weighted by molar-refractivity contribution is -0.131. The highest BCUT2D eigenvalue weighted by Crippen LogP contribution is 2.13. The maximum atomic E-state index is 12.0. The highest BCUT2D eigenvalue weighted by atomic mass is 16.5. The highest BCUT2D eigenvalue weighted by molar-refractivity contribution is 5.94. The molecule has 0 radical (unpaired) electrons. The van der Waals surface area contributed by atoms with Gasteiger partial charge in [0.2, 0.25) is 5.91 Å². The van der Waals surface area contributed by atoms with Crippen LogP contribution in [0.5, 0.6) is 5.75 Å². The van der Waals surface area contributed by atoms with Crippen LogP contribution in [0.15, 0.2) is 24.3 Å². The molecule has 6 nitrogen and oxygen atoms in total. The molecule has 0 heterocycles. The van der Waals surface area contributed by atoms with E-state index >= 15 is 0 Å². The van der Waals surface area contributed by atoms with E-state index in [4.69, 9.17) is 4.74 Å². The quantitative estimate of drug-likeness (QED) is 0.414. The van der Waals surface area contributed by atoms with E-state index in [1.54, 1.807) is 18.2 Å². The number of carbonyl (C=O) groups is 3. The van der Waals surface area contributed by atoms with Gasteiger partial charge in [-0.2, -0.15) is 0 Å². The van der Waals surface area contributed by atoms with Crippen LogP contribution in [0.25, 0.3) is 0 Å². The van der Waals surface area contributed by atoms with Gasteiger partial charge in [0.05, 0.1) is 0 Å². The number of nitrogens with one attached hydrogen (secondary N) is 2. The number of hydrogen-bond donors (Lipinski definition) is 2. The second kappa shape index (κ2) is 10.4. The molecule has 0 spiro atoms. The second-order valence-corrected chi connectivity index (χ2v) is 5.18. The molecule has 126 valence electrons. The van der Waals surface area contributed by atoms with Crippen molar-refractivity contribution < 1.29 is 19.1 Å². The van der Waals surface area contributed by atoms with Gasteiger partial charge in [0.25, 0.3) is 5.91 Å². The minimum absolute atomic E-state index is 0.0484. The summed E-state index contributed by atoms with van der Waals surface area (Å²) in [5.74, 6) is -0.279. The lowest BCUT2D eigenvalue weighted by Gasteiger charge is -2.08. The minimum Gasteiger partial charge on any atom is -0.427 e. The predicted molar refractivity (Wildman–Crippen MR) is 87.2 cm³/mol. The van der Waals surface area contributed by atoms with Gasteiger partial charge < -0.3 is 15.4 Å². The number of carbonyl (C=O) groups excluding carboxylic acids is 3. The Morgan fingerprint density at radius 1 is 1.09 bits per heavy atom. The molecule has 0 aromatic heterocycles. The molecule has 6 heteroatoms. The van der Waals surface area contributed by atoms with Crippen LogP contribution in [0.1, 0.15) is 49.9 Å². The summed E-state index contributed by atoms with van der Waals surface area (Å²) < 4.78 is 4.94. The van der Waals surface area contributed by atoms with Crippen molar-refractivity contribution in [2.45, 2.75) is 39.5 Å². The van der Waals surface area contributed by atoms with Crippen molar-refractivity contribution in [3.63, 3.8) is 0 Å². The van der Waals surface area contributed by atoms with E-state index in [1.165, 1.54) is 13.0 Å². The van der Waals surface area contributed by atoms with Crippen molar-refractivity contribution >= 4 is 17.8 Å². The van der Waals surface area contributed by atoms with Crippen molar-refractivity contribution in [2.24, 2.45) is 0 Å². The van der Waals surface area contributed by atoms with E-state index in [0.29, 0.717) is 37.2 Å². The Kier molecular flexibility index (Phi) is 8.42. The Bertz CT molecular complexity index is 543. The Balaban J connectivity index is 2.29. The molecule has 0 bridgehead atoms. The average molecular weight is 320 g/mol. The summed E-state index contributed by atoms with van der Waals surface area (Å²) in [4.78, 5) is 34.3. The fourth-order valence-electron chi connectivity index (χ4n) is 1.91. The van der Waals surface area contributed by atoms with Crippen molar-refractivity contribution in [1.29, 1.82) is 0 Å². The normalized spacial score (nSPS) is 10.0. The first-order valence-corrected chi connectivity index (χ1v) is 7.86. The average Bonchev–Trinajstić information content (AvgIpc) is 2.52. The Morgan fingerprint density at radius 2 is 1.83 bits per heavy atom. The van der Waals surface area contributed by atoms with Crippen LogP contribution in [-0.4, -0.2) is 30.9 Å². The molecule has 0 aliphatic heterocycles. The van der Waals surface area contributed by atoms with Crippen LogP contribution in [-0.2, 0) is 9.59 Å². The number of hydrogen-bond acceptors (Lipinski definition) is 4. The smallest absolute Gasteiger partial charge is 0.308 e. The van der Waals surface area contributed by atoms with Gasteiger partial charge in [-0.15, -0.1) is 0 Å². The number of esters is 1. The standard InChI is InChI=1S/C17H24N2O4/c1-3-4-9-16(21)18-10-6-11-19-17(22)14-7-5-8-15(12-14)23-13(2)20/h5,7-8,12H,3-4,6,9-11H2,1-2H3,(H,18,21)(H,19,22). The van der Waals surface area contributed by atoms with Crippen LogP contribution in [0.4, 0.5) is 0 Å². The fourth-order valence-corrected chi connectivity index (χ4v) is 1.91. The summed E-state index contributed by atoms with van der Waals surface area (Å²) in [6, 6.07) is 6.43. The highest BCUT2D eigenvalue weighted by Gasteiger charge is 2.07. The van der Waals surface area contributed by atoms with Gasteiger partial charge in [-0.3, -0.25) is 14.4 Å². The number of amides is 2. The third-order valence-corrected chi connectivity index (χ3v) is 3.08. The molecule has 0 saturated carbocycles. The molecule has 1 aromatic rings. The zero-order chi connectivity index (χ0) is 17.1. The summed E-state index contributed by atoms with van der Waals surface area (Å²) in [5.41, 5.74) is 0.427. The number of benzene rings is 1. The Hall–Kier alpha value is -2.37. The van der Waals surface area contributed by atoms with Gasteiger partial charge in [0, 0.05) is 32.0 Å². The first-order valence-electron chi connectivity index (χ1n) is 7.86. The Morgan fingerprint density at radius 3 is 2.52 bits per heavy atom. The van der Waals surface area contributed by atoms with E-state index < -0.39 is 5.97 Å². The van der Waals surface area contributed by atoms with Gasteiger partial charge in [0.15, 0.2) is 0 Å². The lowest BCUT2D eigenvalue weighted by atomic mass is 10.2. The largest absolute Gasteiger partial charge is 0.427 e. The van der Waals surface area contributed by atoms with E-state index in [2.05, 4.69) is 10.6 Å². The zero-order valence-corrected chi connectivity index (χ0v) is 13.7. The van der Waals surface area contributed by atoms with E-state index in [-0.39, 0.29) is 11.8 Å². The number of ether oxygens (including phenoxy) is 1. The predicted octanol–water partition coefficient (Wildman–Crippen LogP) is 2.04. The molecule has 23 heavy (non-hydrogen) atoms. The third kappa shape index (κ3) is 7.99. The van der Waals surface area contributed by atoms with Gasteiger partial charge in [-0.1, -0.05) is 19.4 Å². The van der Waals surface area contributed by atoms with E-state index in [0.717, 1.165) is 12.8 Å². The van der Waals surface area contributed by atoms with E-state index in [1.807, 2.05) is 6.92 Å². The molecule has 0 fully saturated rings. The third-order valence-electron chi connectivity index (χ3n) is 3.08. The molecule has 0 atom stereocenters. The second-order valence-electron chi connectivity index (χ2n) is 5.18. The summed E-state index contributed by atoms with van der Waals surface area (Å²) in [6.45, 7) is 4.35. The molecule has 1 rings (SSSR count). The van der Waals surface area contributed by atoms with Crippen molar-refractivity contribution in [2.75, 3.05) is 13.1 Å². The molecule has 0 saturated heterocycles. The summed E-state index contributed by atoms with van der Waals surface area (Å²) in [5, 5.41) is 5.58. The van der Waals surface area contributed by atoms with Crippen molar-refractivity contribution in [3.05, 3.63) is 29.8 Å². The van der Waals surface area contributed by atoms with Crippen LogP contribution in [0.2, 0.25) is 0 Å². The SMILES string of the molecule is CCCCC(=O)NCCCNC(=O)c1cccc(OC(C)=O)c1. The fraction of sp³-hybridized carbons (Fsp3) is 0.471. The van der Waals surface area contributed by atoms with Gasteiger partial charge in [-0.05, 0) is 31.0 Å². The van der Waals surface area contributed by atoms with Crippen LogP contribution in [0, 0.1) is 0 Å². The van der Waals surface area contributed by atoms with Gasteiger partial charge in [0.1, 0.15) is 5.75 Å². The first kappa shape index (κ1) is 18.7. The van der Waals surface area contributed by atoms with Crippen molar-refractivity contribution in [3.8, 4) is 5.75 Å². The minimum atomic E-state index is -0.429. The molecule has 2 amide bonds. The van der Waals surface area contributed by atoms with Crippen LogP contribution in [0.3, 0.4) is 0 Å². The summed E-state index contributed by atoms with van der Waals surface area (Å²) in [7, 11) is 0. The molecule has 1 aromatic carbocycles. The topological polar surface area (TPSA) is 84.5 Å². The summed E-state index contributed by atoms with van der Waals surface area (Å²) in [6.07, 6.45) is 3.09. The Labute approximate surface area is 136 Å².